The van der Waals surface area contributed by atoms with Crippen molar-refractivity contribution in [1.82, 2.24) is 0 Å². The summed E-state index contributed by atoms with van der Waals surface area (Å²) in [5.74, 6) is -1.84. The first-order chi connectivity index (χ1) is 10.1. The van der Waals surface area contributed by atoms with Gasteiger partial charge in [-0.2, -0.15) is 0 Å². The molecule has 4 unspecified atom stereocenters. The molecule has 0 aromatic rings. The lowest BCUT2D eigenvalue weighted by atomic mass is 10.0. The number of ether oxygens (including phenoxy) is 2. The number of hydrogen-bond donors (Lipinski definition) is 4. The van der Waals surface area contributed by atoms with Gasteiger partial charge in [0.25, 0.3) is 0 Å². The van der Waals surface area contributed by atoms with Gasteiger partial charge in [0.05, 0.1) is 13.2 Å². The summed E-state index contributed by atoms with van der Waals surface area (Å²) in [5.41, 5.74) is -0.00258. The average molecular weight is 318 g/mol. The Hall–Kier alpha value is -1.74. The van der Waals surface area contributed by atoms with Crippen LogP contribution in [-0.2, 0) is 19.1 Å². The zero-order chi connectivity index (χ0) is 17.4. The molecule has 0 aliphatic carbocycles. The van der Waals surface area contributed by atoms with Crippen LogP contribution in [0.25, 0.3) is 0 Å². The lowest BCUT2D eigenvalue weighted by Gasteiger charge is -2.32. The number of aliphatic hydroxyl groups is 4. The third-order valence-electron chi connectivity index (χ3n) is 2.64. The Morgan fingerprint density at radius 1 is 0.864 bits per heavy atom. The molecule has 0 spiro atoms. The highest BCUT2D eigenvalue weighted by Crippen LogP contribution is 2.16. The van der Waals surface area contributed by atoms with E-state index in [1.165, 1.54) is 13.8 Å². The van der Waals surface area contributed by atoms with Gasteiger partial charge < -0.3 is 29.9 Å². The number of rotatable bonds is 9. The molecular weight excluding hydrogens is 296 g/mol. The maximum atomic E-state index is 11.6. The molecule has 0 heterocycles. The van der Waals surface area contributed by atoms with Gasteiger partial charge in [-0.3, -0.25) is 0 Å². The predicted molar refractivity (Wildman–Crippen MR) is 75.6 cm³/mol. The van der Waals surface area contributed by atoms with Crippen molar-refractivity contribution in [3.8, 4) is 0 Å². The zero-order valence-electron chi connectivity index (χ0n) is 12.6. The quantitative estimate of drug-likeness (QED) is 0.303. The minimum atomic E-state index is -1.65. The summed E-state index contributed by atoms with van der Waals surface area (Å²) in [7, 11) is 0. The molecule has 4 atom stereocenters. The van der Waals surface area contributed by atoms with Crippen LogP contribution in [0.15, 0.2) is 24.3 Å². The number of carbonyl (C=O) groups is 2. The van der Waals surface area contributed by atoms with Crippen molar-refractivity contribution in [2.75, 3.05) is 13.2 Å². The van der Waals surface area contributed by atoms with Gasteiger partial charge in [-0.25, -0.2) is 9.59 Å². The van der Waals surface area contributed by atoms with Crippen molar-refractivity contribution >= 4 is 11.9 Å². The Bertz CT molecular complexity index is 391. The first-order valence-electron chi connectivity index (χ1n) is 6.46. The molecule has 0 aliphatic rings. The number of aliphatic hydroxyl groups excluding tert-OH is 4. The van der Waals surface area contributed by atoms with E-state index in [9.17, 15) is 19.8 Å². The Labute approximate surface area is 128 Å². The van der Waals surface area contributed by atoms with E-state index in [0.29, 0.717) is 0 Å². The third kappa shape index (κ3) is 5.94. The third-order valence-corrected chi connectivity index (χ3v) is 2.64. The van der Waals surface area contributed by atoms with Gasteiger partial charge in [0, 0.05) is 11.1 Å². The van der Waals surface area contributed by atoms with E-state index in [2.05, 4.69) is 13.2 Å². The molecule has 8 heteroatoms. The molecule has 0 aromatic carbocycles. The molecular formula is C14H22O8. The maximum Gasteiger partial charge on any atom is 0.333 e. The van der Waals surface area contributed by atoms with Gasteiger partial charge in [-0.05, 0) is 13.8 Å². The van der Waals surface area contributed by atoms with Crippen LogP contribution in [0.2, 0.25) is 0 Å². The van der Waals surface area contributed by atoms with E-state index in [1.807, 2.05) is 0 Å². The molecule has 0 aromatic heterocycles. The SMILES string of the molecule is C=C(C)C(=O)OC(C(O)CO)C(OC(=O)C(=C)C)C(O)CO. The summed E-state index contributed by atoms with van der Waals surface area (Å²) < 4.78 is 9.81. The maximum absolute atomic E-state index is 11.6. The molecule has 0 bridgehead atoms. The Balaban J connectivity index is 5.43. The molecule has 0 saturated carbocycles. The van der Waals surface area contributed by atoms with Crippen LogP contribution >= 0.6 is 0 Å². The standard InChI is InChI=1S/C14H22O8/c1-7(2)13(19)21-11(9(17)5-15)12(10(18)6-16)22-14(20)8(3)4/h9-12,15-18H,1,3,5-6H2,2,4H3. The van der Waals surface area contributed by atoms with Gasteiger partial charge >= 0.3 is 11.9 Å². The molecule has 0 amide bonds. The summed E-state index contributed by atoms with van der Waals surface area (Å²) in [6.07, 6.45) is -6.49. The van der Waals surface area contributed by atoms with Crippen LogP contribution in [0, 0.1) is 0 Å². The fraction of sp³-hybridized carbons (Fsp3) is 0.571. The van der Waals surface area contributed by atoms with Crippen molar-refractivity contribution in [3.63, 3.8) is 0 Å². The molecule has 0 fully saturated rings. The summed E-state index contributed by atoms with van der Waals surface area (Å²) in [4.78, 5) is 23.2. The van der Waals surface area contributed by atoms with E-state index in [1.54, 1.807) is 0 Å². The summed E-state index contributed by atoms with van der Waals surface area (Å²) in [6, 6.07) is 0. The topological polar surface area (TPSA) is 134 Å². The molecule has 0 saturated heterocycles. The molecule has 8 nitrogen and oxygen atoms in total. The molecule has 0 radical (unpaired) electrons. The van der Waals surface area contributed by atoms with Gasteiger partial charge in [-0.15, -0.1) is 0 Å². The predicted octanol–water partition coefficient (Wildman–Crippen LogP) is -1.33. The second-order valence-electron chi connectivity index (χ2n) is 4.80. The molecule has 22 heavy (non-hydrogen) atoms. The Morgan fingerprint density at radius 2 is 1.14 bits per heavy atom. The van der Waals surface area contributed by atoms with Gasteiger partial charge in [-0.1, -0.05) is 13.2 Å². The van der Waals surface area contributed by atoms with Crippen LogP contribution in [0.3, 0.4) is 0 Å². The van der Waals surface area contributed by atoms with Gasteiger partial charge in [0.15, 0.2) is 12.2 Å². The van der Waals surface area contributed by atoms with Crippen molar-refractivity contribution in [2.45, 2.75) is 38.3 Å². The summed E-state index contributed by atoms with van der Waals surface area (Å²) in [6.45, 7) is 7.76. The van der Waals surface area contributed by atoms with Crippen molar-refractivity contribution in [2.24, 2.45) is 0 Å². The van der Waals surface area contributed by atoms with E-state index in [4.69, 9.17) is 19.7 Å². The van der Waals surface area contributed by atoms with E-state index >= 15 is 0 Å². The lowest BCUT2D eigenvalue weighted by Crippen LogP contribution is -2.51. The van der Waals surface area contributed by atoms with Crippen LogP contribution in [-0.4, -0.2) is 70.0 Å². The van der Waals surface area contributed by atoms with Crippen LogP contribution < -0.4 is 0 Å². The first kappa shape index (κ1) is 20.3. The minimum Gasteiger partial charge on any atom is -0.452 e. The molecule has 4 N–H and O–H groups in total. The van der Waals surface area contributed by atoms with E-state index < -0.39 is 49.6 Å². The fourth-order valence-corrected chi connectivity index (χ4v) is 1.39. The van der Waals surface area contributed by atoms with E-state index in [-0.39, 0.29) is 11.1 Å². The largest absolute Gasteiger partial charge is 0.452 e. The molecule has 126 valence electrons. The first-order valence-corrected chi connectivity index (χ1v) is 6.46. The van der Waals surface area contributed by atoms with Crippen molar-refractivity contribution in [1.29, 1.82) is 0 Å². The normalized spacial score (nSPS) is 16.1. The molecule has 0 aliphatic heterocycles. The average Bonchev–Trinajstić information content (AvgIpc) is 2.48. The second-order valence-corrected chi connectivity index (χ2v) is 4.80. The van der Waals surface area contributed by atoms with Crippen LogP contribution in [0.5, 0.6) is 0 Å². The monoisotopic (exact) mass is 318 g/mol. The van der Waals surface area contributed by atoms with Crippen LogP contribution in [0.1, 0.15) is 13.8 Å². The highest BCUT2D eigenvalue weighted by molar-refractivity contribution is 5.88. The number of hydrogen-bond acceptors (Lipinski definition) is 8. The summed E-state index contributed by atoms with van der Waals surface area (Å²) in [5, 5.41) is 37.6. The lowest BCUT2D eigenvalue weighted by molar-refractivity contribution is -0.188. The Morgan fingerprint density at radius 3 is 1.32 bits per heavy atom. The van der Waals surface area contributed by atoms with Crippen molar-refractivity contribution in [3.05, 3.63) is 24.3 Å². The van der Waals surface area contributed by atoms with E-state index in [0.717, 1.165) is 0 Å². The number of carbonyl (C=O) groups excluding carboxylic acids is 2. The smallest absolute Gasteiger partial charge is 0.333 e. The zero-order valence-corrected chi connectivity index (χ0v) is 12.6. The van der Waals surface area contributed by atoms with Gasteiger partial charge in [0.1, 0.15) is 12.2 Å². The summed E-state index contributed by atoms with van der Waals surface area (Å²) >= 11 is 0. The Kier molecular flexibility index (Phi) is 8.58. The highest BCUT2D eigenvalue weighted by atomic mass is 16.6. The van der Waals surface area contributed by atoms with Gasteiger partial charge in [0.2, 0.25) is 0 Å². The highest BCUT2D eigenvalue weighted by Gasteiger charge is 2.39. The molecule has 0 rings (SSSR count). The fourth-order valence-electron chi connectivity index (χ4n) is 1.39. The minimum absolute atomic E-state index is 0.00129. The van der Waals surface area contributed by atoms with Crippen molar-refractivity contribution < 1.29 is 39.5 Å². The van der Waals surface area contributed by atoms with Crippen LogP contribution in [0.4, 0.5) is 0 Å². The second kappa shape index (κ2) is 9.31. The number of esters is 2.